The van der Waals surface area contributed by atoms with Crippen LogP contribution in [0.15, 0.2) is 24.3 Å². The summed E-state index contributed by atoms with van der Waals surface area (Å²) in [5, 5.41) is 9.31. The molecule has 18 heavy (non-hydrogen) atoms. The lowest BCUT2D eigenvalue weighted by Crippen LogP contribution is -2.24. The molecular formula is C16H24N2. The lowest BCUT2D eigenvalue weighted by atomic mass is 9.86. The van der Waals surface area contributed by atoms with Crippen LogP contribution in [0.2, 0.25) is 0 Å². The molecule has 2 nitrogen and oxygen atoms in total. The first-order chi connectivity index (χ1) is 8.40. The molecule has 1 unspecified atom stereocenters. The standard InChI is InChI=1S/C16H24N2/c1-6-11-18(5)15(12-17)13-7-9-14(10-8-13)16(2,3)4/h7-10,15H,6,11H2,1-5H3. The smallest absolute Gasteiger partial charge is 0.123 e. The number of nitriles is 1. The van der Waals surface area contributed by atoms with Gasteiger partial charge in [-0.3, -0.25) is 4.90 Å². The second-order valence-corrected chi connectivity index (χ2v) is 5.88. The van der Waals surface area contributed by atoms with E-state index in [0.717, 1.165) is 18.5 Å². The van der Waals surface area contributed by atoms with E-state index in [4.69, 9.17) is 0 Å². The van der Waals surface area contributed by atoms with E-state index in [1.807, 2.05) is 7.05 Å². The first kappa shape index (κ1) is 14.7. The summed E-state index contributed by atoms with van der Waals surface area (Å²) in [4.78, 5) is 2.10. The van der Waals surface area contributed by atoms with Crippen LogP contribution in [0, 0.1) is 11.3 Å². The zero-order valence-electron chi connectivity index (χ0n) is 12.2. The van der Waals surface area contributed by atoms with Crippen LogP contribution in [0.3, 0.4) is 0 Å². The molecule has 0 amide bonds. The van der Waals surface area contributed by atoms with Crippen molar-refractivity contribution in [3.63, 3.8) is 0 Å². The molecule has 0 radical (unpaired) electrons. The largest absolute Gasteiger partial charge is 0.287 e. The zero-order valence-corrected chi connectivity index (χ0v) is 12.2. The minimum atomic E-state index is -0.140. The average molecular weight is 244 g/mol. The van der Waals surface area contributed by atoms with Gasteiger partial charge in [0, 0.05) is 0 Å². The molecule has 0 spiro atoms. The topological polar surface area (TPSA) is 27.0 Å². The average Bonchev–Trinajstić information content (AvgIpc) is 2.30. The monoisotopic (exact) mass is 244 g/mol. The van der Waals surface area contributed by atoms with Crippen molar-refractivity contribution in [3.8, 4) is 6.07 Å². The second-order valence-electron chi connectivity index (χ2n) is 5.88. The van der Waals surface area contributed by atoms with Gasteiger partial charge in [-0.2, -0.15) is 5.26 Å². The number of benzene rings is 1. The maximum absolute atomic E-state index is 9.31. The highest BCUT2D eigenvalue weighted by Gasteiger charge is 2.17. The van der Waals surface area contributed by atoms with E-state index in [2.05, 4.69) is 62.9 Å². The highest BCUT2D eigenvalue weighted by molar-refractivity contribution is 5.31. The second kappa shape index (κ2) is 6.02. The van der Waals surface area contributed by atoms with Gasteiger partial charge in [-0.1, -0.05) is 52.0 Å². The van der Waals surface area contributed by atoms with Crippen LogP contribution in [0.1, 0.15) is 51.3 Å². The van der Waals surface area contributed by atoms with Crippen molar-refractivity contribution in [2.24, 2.45) is 0 Å². The van der Waals surface area contributed by atoms with Gasteiger partial charge in [0.25, 0.3) is 0 Å². The van der Waals surface area contributed by atoms with E-state index in [1.54, 1.807) is 0 Å². The molecule has 0 N–H and O–H groups in total. The molecule has 1 aromatic rings. The first-order valence-corrected chi connectivity index (χ1v) is 6.60. The van der Waals surface area contributed by atoms with Crippen LogP contribution in [0.25, 0.3) is 0 Å². The van der Waals surface area contributed by atoms with E-state index >= 15 is 0 Å². The molecular weight excluding hydrogens is 220 g/mol. The Morgan fingerprint density at radius 2 is 1.78 bits per heavy atom. The Kier molecular flexibility index (Phi) is 4.93. The van der Waals surface area contributed by atoms with Gasteiger partial charge in [-0.05, 0) is 36.6 Å². The normalized spacial score (nSPS) is 13.4. The van der Waals surface area contributed by atoms with E-state index in [1.165, 1.54) is 5.56 Å². The van der Waals surface area contributed by atoms with Crippen molar-refractivity contribution in [1.29, 1.82) is 5.26 Å². The highest BCUT2D eigenvalue weighted by atomic mass is 15.1. The summed E-state index contributed by atoms with van der Waals surface area (Å²) >= 11 is 0. The van der Waals surface area contributed by atoms with Gasteiger partial charge in [0.05, 0.1) is 6.07 Å². The molecule has 0 aliphatic carbocycles. The Balaban J connectivity index is 2.93. The Bertz CT molecular complexity index is 406. The minimum absolute atomic E-state index is 0.140. The van der Waals surface area contributed by atoms with Gasteiger partial charge in [0.2, 0.25) is 0 Å². The van der Waals surface area contributed by atoms with E-state index in [0.29, 0.717) is 0 Å². The minimum Gasteiger partial charge on any atom is -0.287 e. The van der Waals surface area contributed by atoms with Gasteiger partial charge in [-0.15, -0.1) is 0 Å². The fraction of sp³-hybridized carbons (Fsp3) is 0.562. The Morgan fingerprint density at radius 1 is 1.22 bits per heavy atom. The van der Waals surface area contributed by atoms with Gasteiger partial charge in [0.15, 0.2) is 0 Å². The van der Waals surface area contributed by atoms with Crippen LogP contribution in [-0.4, -0.2) is 18.5 Å². The maximum atomic E-state index is 9.31. The van der Waals surface area contributed by atoms with Crippen LogP contribution < -0.4 is 0 Å². The number of hydrogen-bond acceptors (Lipinski definition) is 2. The first-order valence-electron chi connectivity index (χ1n) is 6.60. The van der Waals surface area contributed by atoms with Gasteiger partial charge in [-0.25, -0.2) is 0 Å². The van der Waals surface area contributed by atoms with E-state index < -0.39 is 0 Å². The molecule has 0 aromatic heterocycles. The van der Waals surface area contributed by atoms with Crippen molar-refractivity contribution >= 4 is 0 Å². The molecule has 0 aliphatic heterocycles. The van der Waals surface area contributed by atoms with Gasteiger partial charge >= 0.3 is 0 Å². The molecule has 0 fully saturated rings. The Labute approximate surface area is 111 Å². The maximum Gasteiger partial charge on any atom is 0.123 e. The van der Waals surface area contributed by atoms with Gasteiger partial charge < -0.3 is 0 Å². The van der Waals surface area contributed by atoms with Crippen molar-refractivity contribution in [3.05, 3.63) is 35.4 Å². The molecule has 0 aliphatic rings. The fourth-order valence-electron chi connectivity index (χ4n) is 2.07. The summed E-state index contributed by atoms with van der Waals surface area (Å²) in [6.45, 7) is 9.68. The SMILES string of the molecule is CCCN(C)C(C#N)c1ccc(C(C)(C)C)cc1. The van der Waals surface area contributed by atoms with E-state index in [-0.39, 0.29) is 11.5 Å². The third-order valence-electron chi connectivity index (χ3n) is 3.23. The number of hydrogen-bond donors (Lipinski definition) is 0. The van der Waals surface area contributed by atoms with Gasteiger partial charge in [0.1, 0.15) is 6.04 Å². The molecule has 0 bridgehead atoms. The van der Waals surface area contributed by atoms with Crippen molar-refractivity contribution < 1.29 is 0 Å². The fourth-order valence-corrected chi connectivity index (χ4v) is 2.07. The Morgan fingerprint density at radius 3 is 2.17 bits per heavy atom. The van der Waals surface area contributed by atoms with Crippen LogP contribution in [0.4, 0.5) is 0 Å². The molecule has 1 atom stereocenters. The lowest BCUT2D eigenvalue weighted by molar-refractivity contribution is 0.292. The predicted octanol–water partition coefficient (Wildman–Crippen LogP) is 3.89. The van der Waals surface area contributed by atoms with Crippen LogP contribution >= 0.6 is 0 Å². The molecule has 1 rings (SSSR count). The van der Waals surface area contributed by atoms with Crippen LogP contribution in [0.5, 0.6) is 0 Å². The molecule has 0 saturated carbocycles. The molecule has 98 valence electrons. The third-order valence-corrected chi connectivity index (χ3v) is 3.23. The summed E-state index contributed by atoms with van der Waals surface area (Å²) in [6, 6.07) is 10.7. The Hall–Kier alpha value is -1.33. The summed E-state index contributed by atoms with van der Waals surface area (Å²) in [6.07, 6.45) is 1.06. The quantitative estimate of drug-likeness (QED) is 0.803. The summed E-state index contributed by atoms with van der Waals surface area (Å²) in [5.41, 5.74) is 2.55. The van der Waals surface area contributed by atoms with E-state index in [9.17, 15) is 5.26 Å². The van der Waals surface area contributed by atoms with Crippen molar-refractivity contribution in [1.82, 2.24) is 4.90 Å². The lowest BCUT2D eigenvalue weighted by Gasteiger charge is -2.24. The summed E-state index contributed by atoms with van der Waals surface area (Å²) < 4.78 is 0. The molecule has 2 heteroatoms. The zero-order chi connectivity index (χ0) is 13.8. The van der Waals surface area contributed by atoms with Crippen LogP contribution in [-0.2, 0) is 5.41 Å². The number of rotatable bonds is 4. The predicted molar refractivity (Wildman–Crippen MR) is 76.4 cm³/mol. The molecule has 0 saturated heterocycles. The number of nitrogens with zero attached hydrogens (tertiary/aromatic N) is 2. The van der Waals surface area contributed by atoms with Crippen molar-refractivity contribution in [2.45, 2.75) is 45.6 Å². The summed E-state index contributed by atoms with van der Waals surface area (Å²) in [7, 11) is 2.01. The van der Waals surface area contributed by atoms with Crippen molar-refractivity contribution in [2.75, 3.05) is 13.6 Å². The highest BCUT2D eigenvalue weighted by Crippen LogP contribution is 2.25. The summed E-state index contributed by atoms with van der Waals surface area (Å²) in [5.74, 6) is 0. The molecule has 0 heterocycles. The molecule has 1 aromatic carbocycles. The third kappa shape index (κ3) is 3.58.